The molecule has 0 bridgehead atoms. The maximum absolute atomic E-state index is 12.9. The largest absolute Gasteiger partial charge is 0.505 e. The van der Waals surface area contributed by atoms with E-state index >= 15 is 0 Å². The number of thiophene rings is 1. The summed E-state index contributed by atoms with van der Waals surface area (Å²) in [5, 5.41) is 9.53. The van der Waals surface area contributed by atoms with E-state index in [0.717, 1.165) is 14.2 Å². The summed E-state index contributed by atoms with van der Waals surface area (Å²) in [5.74, 6) is -3.37. The van der Waals surface area contributed by atoms with Gasteiger partial charge in [0.15, 0.2) is 10.6 Å². The summed E-state index contributed by atoms with van der Waals surface area (Å²) in [5.41, 5.74) is -1.35. The molecule has 0 aromatic carbocycles. The Morgan fingerprint density at radius 2 is 1.90 bits per heavy atom. The van der Waals surface area contributed by atoms with Crippen LogP contribution in [0.2, 0.25) is 0 Å². The van der Waals surface area contributed by atoms with Crippen LogP contribution in [0.4, 0.5) is 13.2 Å². The molecule has 0 fully saturated rings. The zero-order valence-electron chi connectivity index (χ0n) is 10.2. The van der Waals surface area contributed by atoms with Crippen molar-refractivity contribution in [3.63, 3.8) is 0 Å². The SMILES string of the molecule is COC(=O)CSc1sc(C(=O)OC)c(O)c1C(F)(F)F. The number of aromatic hydroxyl groups is 1. The maximum Gasteiger partial charge on any atom is 0.421 e. The van der Waals surface area contributed by atoms with E-state index in [4.69, 9.17) is 0 Å². The van der Waals surface area contributed by atoms with Gasteiger partial charge in [0.25, 0.3) is 0 Å². The highest BCUT2D eigenvalue weighted by Gasteiger charge is 2.41. The number of hydrogen-bond acceptors (Lipinski definition) is 7. The van der Waals surface area contributed by atoms with Crippen molar-refractivity contribution in [1.29, 1.82) is 0 Å². The van der Waals surface area contributed by atoms with Crippen molar-refractivity contribution in [3.8, 4) is 5.75 Å². The Hall–Kier alpha value is -1.42. The minimum Gasteiger partial charge on any atom is -0.505 e. The summed E-state index contributed by atoms with van der Waals surface area (Å²) < 4.78 is 46.8. The Morgan fingerprint density at radius 1 is 1.30 bits per heavy atom. The van der Waals surface area contributed by atoms with Crippen molar-refractivity contribution in [1.82, 2.24) is 0 Å². The summed E-state index contributed by atoms with van der Waals surface area (Å²) in [7, 11) is 2.08. The fourth-order valence-electron chi connectivity index (χ4n) is 1.17. The minimum absolute atomic E-state index is 0.375. The van der Waals surface area contributed by atoms with Crippen LogP contribution in [-0.2, 0) is 20.4 Å². The van der Waals surface area contributed by atoms with Gasteiger partial charge >= 0.3 is 18.1 Å². The fraction of sp³-hybridized carbons (Fsp3) is 0.400. The highest BCUT2D eigenvalue weighted by molar-refractivity contribution is 8.01. The van der Waals surface area contributed by atoms with Crippen molar-refractivity contribution >= 4 is 35.0 Å². The maximum atomic E-state index is 12.9. The zero-order valence-corrected chi connectivity index (χ0v) is 11.9. The van der Waals surface area contributed by atoms with Gasteiger partial charge in [0.1, 0.15) is 5.56 Å². The molecule has 0 spiro atoms. The lowest BCUT2D eigenvalue weighted by atomic mass is 10.2. The number of halogens is 3. The van der Waals surface area contributed by atoms with Crippen molar-refractivity contribution in [3.05, 3.63) is 10.4 Å². The van der Waals surface area contributed by atoms with Gasteiger partial charge < -0.3 is 14.6 Å². The first-order chi connectivity index (χ1) is 9.22. The lowest BCUT2D eigenvalue weighted by molar-refractivity contribution is -0.140. The van der Waals surface area contributed by atoms with Gasteiger partial charge in [0.2, 0.25) is 0 Å². The van der Waals surface area contributed by atoms with Gasteiger partial charge in [-0.3, -0.25) is 4.79 Å². The summed E-state index contributed by atoms with van der Waals surface area (Å²) >= 11 is 0.934. The van der Waals surface area contributed by atoms with E-state index in [0.29, 0.717) is 23.1 Å². The van der Waals surface area contributed by atoms with Gasteiger partial charge in [-0.25, -0.2) is 4.79 Å². The number of hydrogen-bond donors (Lipinski definition) is 1. The van der Waals surface area contributed by atoms with E-state index in [2.05, 4.69) is 9.47 Å². The molecule has 0 aliphatic rings. The van der Waals surface area contributed by atoms with Crippen LogP contribution < -0.4 is 0 Å². The van der Waals surface area contributed by atoms with E-state index in [9.17, 15) is 27.9 Å². The standard InChI is InChI=1S/C10H9F3O5S2/c1-17-4(14)3-19-9-5(10(11,12)13)6(15)7(20-9)8(16)18-2/h15H,3H2,1-2H3. The highest BCUT2D eigenvalue weighted by Crippen LogP contribution is 2.49. The number of ether oxygens (including phenoxy) is 2. The van der Waals surface area contributed by atoms with Gasteiger partial charge in [-0.1, -0.05) is 0 Å². The number of rotatable bonds is 4. The molecular formula is C10H9F3O5S2. The predicted molar refractivity (Wildman–Crippen MR) is 65.1 cm³/mol. The third kappa shape index (κ3) is 3.57. The Labute approximate surface area is 119 Å². The number of methoxy groups -OCH3 is 2. The van der Waals surface area contributed by atoms with Gasteiger partial charge in [0.05, 0.1) is 24.2 Å². The molecule has 0 aliphatic heterocycles. The van der Waals surface area contributed by atoms with E-state index in [1.807, 2.05) is 0 Å². The van der Waals surface area contributed by atoms with Crippen LogP contribution in [0.15, 0.2) is 4.21 Å². The number of alkyl halides is 3. The van der Waals surface area contributed by atoms with E-state index < -0.39 is 38.5 Å². The molecule has 1 N–H and O–H groups in total. The average molecular weight is 330 g/mol. The van der Waals surface area contributed by atoms with E-state index in [-0.39, 0.29) is 5.75 Å². The van der Waals surface area contributed by atoms with Crippen LogP contribution in [0.5, 0.6) is 5.75 Å². The van der Waals surface area contributed by atoms with Crippen molar-refractivity contribution in [2.45, 2.75) is 10.4 Å². The van der Waals surface area contributed by atoms with E-state index in [1.165, 1.54) is 0 Å². The molecule has 112 valence electrons. The normalized spacial score (nSPS) is 11.2. The van der Waals surface area contributed by atoms with Gasteiger partial charge in [-0.15, -0.1) is 23.1 Å². The van der Waals surface area contributed by atoms with E-state index in [1.54, 1.807) is 0 Å². The first-order valence-corrected chi connectivity index (χ1v) is 6.73. The Bertz CT molecular complexity index is 524. The number of carbonyl (C=O) groups is 2. The van der Waals surface area contributed by atoms with Crippen LogP contribution in [-0.4, -0.2) is 37.0 Å². The minimum atomic E-state index is -4.86. The Morgan fingerprint density at radius 3 is 2.35 bits per heavy atom. The second-order valence-corrected chi connectivity index (χ2v) is 5.56. The molecule has 1 heterocycles. The van der Waals surface area contributed by atoms with Crippen LogP contribution in [0.3, 0.4) is 0 Å². The lowest BCUT2D eigenvalue weighted by Gasteiger charge is -2.07. The monoisotopic (exact) mass is 330 g/mol. The van der Waals surface area contributed by atoms with Crippen molar-refractivity contribution in [2.24, 2.45) is 0 Å². The Kier molecular flexibility index (Phi) is 5.28. The zero-order chi connectivity index (χ0) is 15.5. The van der Waals surface area contributed by atoms with Crippen LogP contribution in [0, 0.1) is 0 Å². The lowest BCUT2D eigenvalue weighted by Crippen LogP contribution is -2.07. The van der Waals surface area contributed by atoms with Crippen molar-refractivity contribution < 1.29 is 37.3 Å². The first-order valence-electron chi connectivity index (χ1n) is 4.93. The molecule has 0 saturated carbocycles. The molecule has 0 radical (unpaired) electrons. The van der Waals surface area contributed by atoms with Crippen molar-refractivity contribution in [2.75, 3.05) is 20.0 Å². The second kappa shape index (κ2) is 6.35. The third-order valence-corrected chi connectivity index (χ3v) is 4.46. The number of thioether (sulfide) groups is 1. The first kappa shape index (κ1) is 16.6. The van der Waals surface area contributed by atoms with Crippen LogP contribution in [0.1, 0.15) is 15.2 Å². The summed E-state index contributed by atoms with van der Waals surface area (Å²) in [6.07, 6.45) is -4.86. The van der Waals surface area contributed by atoms with Crippen LogP contribution in [0.25, 0.3) is 0 Å². The van der Waals surface area contributed by atoms with Crippen LogP contribution >= 0.6 is 23.1 Å². The van der Waals surface area contributed by atoms with Gasteiger partial charge in [-0.2, -0.15) is 13.2 Å². The highest BCUT2D eigenvalue weighted by atomic mass is 32.2. The molecule has 1 aromatic heterocycles. The molecule has 5 nitrogen and oxygen atoms in total. The molecule has 0 amide bonds. The molecule has 1 aromatic rings. The summed E-state index contributed by atoms with van der Waals surface area (Å²) in [6.45, 7) is 0. The molecule has 0 saturated heterocycles. The predicted octanol–water partition coefficient (Wildman–Crippen LogP) is 2.52. The molecular weight excluding hydrogens is 321 g/mol. The number of carbonyl (C=O) groups excluding carboxylic acids is 2. The molecule has 0 aliphatic carbocycles. The van der Waals surface area contributed by atoms with Gasteiger partial charge in [0, 0.05) is 0 Å². The topological polar surface area (TPSA) is 72.8 Å². The second-order valence-electron chi connectivity index (χ2n) is 3.30. The average Bonchev–Trinajstić information content (AvgIpc) is 2.71. The molecule has 0 atom stereocenters. The van der Waals surface area contributed by atoms with Gasteiger partial charge in [-0.05, 0) is 0 Å². The third-order valence-electron chi connectivity index (χ3n) is 2.05. The summed E-state index contributed by atoms with van der Waals surface area (Å²) in [6, 6.07) is 0. The molecule has 10 heteroatoms. The molecule has 20 heavy (non-hydrogen) atoms. The Balaban J connectivity index is 3.21. The quantitative estimate of drug-likeness (QED) is 0.675. The molecule has 0 unspecified atom stereocenters. The fourth-order valence-corrected chi connectivity index (χ4v) is 3.42. The molecule has 1 rings (SSSR count). The number of esters is 2. The smallest absolute Gasteiger partial charge is 0.421 e. The summed E-state index contributed by atoms with van der Waals surface area (Å²) in [4.78, 5) is 21.7.